The second-order valence-corrected chi connectivity index (χ2v) is 9.57. The Morgan fingerprint density at radius 3 is 2.62 bits per heavy atom. The number of amides is 2. The van der Waals surface area contributed by atoms with Gasteiger partial charge in [-0.25, -0.2) is 33.1 Å². The Morgan fingerprint density at radius 1 is 1.05 bits per heavy atom. The standard InChI is InChI=1S/C27H23F2N7O3/c1-27(2,3)34-26(38)35(23-10-12-32-36(23)17-6-4-5-16(28)13-17)20-8-7-18(14-19(20)29)39-21-9-11-30-25-24(21)31-15-22(37)33-25/h4-15H,1-3H3,(H,34,38)(H,30,33,37). The van der Waals surface area contributed by atoms with E-state index in [1.54, 1.807) is 26.8 Å². The Bertz CT molecular complexity index is 1740. The van der Waals surface area contributed by atoms with Crippen molar-refractivity contribution in [2.45, 2.75) is 26.3 Å². The van der Waals surface area contributed by atoms with Gasteiger partial charge in [0, 0.05) is 29.9 Å². The highest BCUT2D eigenvalue weighted by molar-refractivity contribution is 5.99. The number of benzene rings is 2. The first-order valence-electron chi connectivity index (χ1n) is 11.8. The van der Waals surface area contributed by atoms with Gasteiger partial charge < -0.3 is 15.0 Å². The number of halogens is 2. The zero-order chi connectivity index (χ0) is 27.7. The first kappa shape index (κ1) is 25.5. The van der Waals surface area contributed by atoms with Gasteiger partial charge in [0.05, 0.1) is 23.8 Å². The van der Waals surface area contributed by atoms with E-state index in [-0.39, 0.29) is 34.2 Å². The lowest BCUT2D eigenvalue weighted by atomic mass is 10.1. The van der Waals surface area contributed by atoms with Crippen molar-refractivity contribution in [3.63, 3.8) is 0 Å². The van der Waals surface area contributed by atoms with Crippen molar-refractivity contribution in [1.29, 1.82) is 0 Å². The number of nitrogens with one attached hydrogen (secondary N) is 2. The van der Waals surface area contributed by atoms with Crippen molar-refractivity contribution in [2.75, 3.05) is 4.90 Å². The van der Waals surface area contributed by atoms with Gasteiger partial charge in [0.1, 0.15) is 22.9 Å². The summed E-state index contributed by atoms with van der Waals surface area (Å²) >= 11 is 0. The summed E-state index contributed by atoms with van der Waals surface area (Å²) in [7, 11) is 0. The largest absolute Gasteiger partial charge is 0.455 e. The normalized spacial score (nSPS) is 11.4. The maximum absolute atomic E-state index is 15.7. The summed E-state index contributed by atoms with van der Waals surface area (Å²) in [6.45, 7) is 5.38. The minimum Gasteiger partial charge on any atom is -0.455 e. The lowest BCUT2D eigenvalue weighted by Crippen LogP contribution is -2.47. The van der Waals surface area contributed by atoms with Crippen LogP contribution in [0.15, 0.2) is 78.0 Å². The summed E-state index contributed by atoms with van der Waals surface area (Å²) in [5.74, 6) is -0.720. The number of urea groups is 1. The molecule has 0 aliphatic rings. The Balaban J connectivity index is 1.55. The number of ether oxygens (including phenoxy) is 1. The zero-order valence-corrected chi connectivity index (χ0v) is 21.1. The van der Waals surface area contributed by atoms with Gasteiger partial charge >= 0.3 is 6.03 Å². The third-order valence-electron chi connectivity index (χ3n) is 5.42. The molecule has 0 saturated heterocycles. The van der Waals surface area contributed by atoms with E-state index in [0.717, 1.165) is 17.2 Å². The summed E-state index contributed by atoms with van der Waals surface area (Å²) < 4.78 is 36.8. The van der Waals surface area contributed by atoms with Gasteiger partial charge in [0.15, 0.2) is 17.2 Å². The molecule has 0 spiro atoms. The van der Waals surface area contributed by atoms with E-state index in [2.05, 4.69) is 25.4 Å². The Morgan fingerprint density at radius 2 is 1.87 bits per heavy atom. The van der Waals surface area contributed by atoms with E-state index in [0.29, 0.717) is 5.69 Å². The van der Waals surface area contributed by atoms with Crippen molar-refractivity contribution in [3.8, 4) is 17.2 Å². The van der Waals surface area contributed by atoms with E-state index in [4.69, 9.17) is 4.74 Å². The van der Waals surface area contributed by atoms with Gasteiger partial charge in [-0.3, -0.25) is 4.79 Å². The molecule has 0 aliphatic carbocycles. The Kier molecular flexibility index (Phi) is 6.52. The van der Waals surface area contributed by atoms with E-state index in [1.165, 1.54) is 59.5 Å². The first-order chi connectivity index (χ1) is 18.6. The molecular weight excluding hydrogens is 508 g/mol. The number of rotatable bonds is 5. The van der Waals surface area contributed by atoms with Crippen LogP contribution in [0, 0.1) is 11.6 Å². The minimum absolute atomic E-state index is 0.0932. The van der Waals surface area contributed by atoms with Gasteiger partial charge in [0.2, 0.25) is 0 Å². The predicted octanol–water partition coefficient (Wildman–Crippen LogP) is 5.22. The van der Waals surface area contributed by atoms with Crippen LogP contribution in [-0.2, 0) is 0 Å². The monoisotopic (exact) mass is 531 g/mol. The summed E-state index contributed by atoms with van der Waals surface area (Å²) in [6, 6.07) is 12.1. The highest BCUT2D eigenvalue weighted by Gasteiger charge is 2.28. The number of pyridine rings is 1. The van der Waals surface area contributed by atoms with Crippen molar-refractivity contribution < 1.29 is 18.3 Å². The van der Waals surface area contributed by atoms with Crippen molar-refractivity contribution in [1.82, 2.24) is 30.0 Å². The summed E-state index contributed by atoms with van der Waals surface area (Å²) in [6.07, 6.45) is 3.94. The van der Waals surface area contributed by atoms with Crippen LogP contribution in [0.25, 0.3) is 16.9 Å². The number of fused-ring (bicyclic) bond motifs is 1. The molecule has 39 heavy (non-hydrogen) atoms. The Labute approximate surface area is 220 Å². The Hall–Kier alpha value is -5.13. The lowest BCUT2D eigenvalue weighted by Gasteiger charge is -2.29. The number of hydrogen-bond acceptors (Lipinski definition) is 6. The molecule has 3 heterocycles. The fourth-order valence-corrected chi connectivity index (χ4v) is 3.85. The molecule has 2 aromatic carbocycles. The average molecular weight is 532 g/mol. The number of aromatic amines is 1. The van der Waals surface area contributed by atoms with Gasteiger partial charge in [-0.2, -0.15) is 5.10 Å². The predicted molar refractivity (Wildman–Crippen MR) is 141 cm³/mol. The minimum atomic E-state index is -0.775. The second-order valence-electron chi connectivity index (χ2n) is 9.57. The molecular formula is C27H23F2N7O3. The number of nitrogens with zero attached hydrogens (tertiary/aromatic N) is 5. The molecule has 10 nitrogen and oxygen atoms in total. The van der Waals surface area contributed by atoms with E-state index < -0.39 is 28.8 Å². The number of anilines is 2. The highest BCUT2D eigenvalue weighted by atomic mass is 19.1. The van der Waals surface area contributed by atoms with Crippen LogP contribution in [0.3, 0.4) is 0 Å². The molecule has 0 radical (unpaired) electrons. The average Bonchev–Trinajstić information content (AvgIpc) is 3.34. The molecule has 0 aliphatic heterocycles. The molecule has 5 aromatic rings. The molecule has 3 aromatic heterocycles. The number of carbonyl (C=O) groups excluding carboxylic acids is 1. The number of carbonyl (C=O) groups is 1. The first-order valence-corrected chi connectivity index (χ1v) is 11.8. The second kappa shape index (κ2) is 9.97. The maximum atomic E-state index is 15.7. The zero-order valence-electron chi connectivity index (χ0n) is 21.1. The van der Waals surface area contributed by atoms with Gasteiger partial charge in [-0.05, 0) is 51.1 Å². The summed E-state index contributed by atoms with van der Waals surface area (Å²) in [5.41, 5.74) is -0.314. The maximum Gasteiger partial charge on any atom is 0.328 e. The van der Waals surface area contributed by atoms with Crippen LogP contribution in [-0.4, -0.2) is 36.3 Å². The van der Waals surface area contributed by atoms with Crippen LogP contribution in [0.2, 0.25) is 0 Å². The van der Waals surface area contributed by atoms with Gasteiger partial charge in [-0.1, -0.05) is 6.07 Å². The molecule has 0 unspecified atom stereocenters. The summed E-state index contributed by atoms with van der Waals surface area (Å²) in [4.78, 5) is 36.8. The molecule has 5 rings (SSSR count). The smallest absolute Gasteiger partial charge is 0.328 e. The van der Waals surface area contributed by atoms with Crippen LogP contribution in [0.5, 0.6) is 11.5 Å². The molecule has 2 N–H and O–H groups in total. The molecule has 0 bridgehead atoms. The molecule has 0 saturated carbocycles. The molecule has 12 heteroatoms. The quantitative estimate of drug-likeness (QED) is 0.321. The van der Waals surface area contributed by atoms with E-state index in [1.807, 2.05) is 0 Å². The van der Waals surface area contributed by atoms with Crippen molar-refractivity contribution in [3.05, 3.63) is 95.2 Å². The lowest BCUT2D eigenvalue weighted by molar-refractivity contribution is 0.239. The van der Waals surface area contributed by atoms with E-state index >= 15 is 4.39 Å². The number of H-pyrrole nitrogens is 1. The topological polar surface area (TPSA) is 118 Å². The molecule has 198 valence electrons. The van der Waals surface area contributed by atoms with Crippen LogP contribution >= 0.6 is 0 Å². The fourth-order valence-electron chi connectivity index (χ4n) is 3.85. The highest BCUT2D eigenvalue weighted by Crippen LogP contribution is 2.34. The molecule has 2 amide bonds. The van der Waals surface area contributed by atoms with Gasteiger partial charge in [0.25, 0.3) is 5.56 Å². The third kappa shape index (κ3) is 5.44. The van der Waals surface area contributed by atoms with Crippen LogP contribution in [0.4, 0.5) is 25.1 Å². The van der Waals surface area contributed by atoms with Gasteiger partial charge in [-0.15, -0.1) is 0 Å². The van der Waals surface area contributed by atoms with Crippen molar-refractivity contribution >= 4 is 28.7 Å². The molecule has 0 atom stereocenters. The number of aromatic nitrogens is 5. The van der Waals surface area contributed by atoms with Crippen molar-refractivity contribution in [2.24, 2.45) is 0 Å². The molecule has 0 fully saturated rings. The van der Waals surface area contributed by atoms with Crippen LogP contribution < -0.4 is 20.5 Å². The van der Waals surface area contributed by atoms with Crippen LogP contribution in [0.1, 0.15) is 20.8 Å². The summed E-state index contributed by atoms with van der Waals surface area (Å²) in [5, 5.41) is 7.07. The number of hydrogen-bond donors (Lipinski definition) is 2. The van der Waals surface area contributed by atoms with E-state index in [9.17, 15) is 14.0 Å². The SMILES string of the molecule is CC(C)(C)NC(=O)N(c1ccc(Oc2ccnc3[nH]c(=O)cnc23)cc1F)c1ccnn1-c1cccc(F)c1. The third-order valence-corrected chi connectivity index (χ3v) is 5.42. The fraction of sp³-hybridized carbons (Fsp3) is 0.148.